The van der Waals surface area contributed by atoms with Crippen LogP contribution in [0.3, 0.4) is 0 Å². The van der Waals surface area contributed by atoms with Crippen LogP contribution in [0.4, 0.5) is 0 Å². The first kappa shape index (κ1) is 14.3. The standard InChI is InChI=1S/C7H14N2.C4H8O2/c1-2-3-4-5-6-9-7-8;1-2-6-4-3-5-1/h8H,2-6H2,1H3;1-4H2. The summed E-state index contributed by atoms with van der Waals surface area (Å²) >= 11 is 0. The van der Waals surface area contributed by atoms with Crippen LogP contribution >= 0.6 is 0 Å². The molecule has 0 aliphatic carbocycles. The Labute approximate surface area is 92.2 Å². The molecule has 1 saturated heterocycles. The van der Waals surface area contributed by atoms with Crippen LogP contribution in [0.15, 0.2) is 4.99 Å². The van der Waals surface area contributed by atoms with Gasteiger partial charge in [0, 0.05) is 6.54 Å². The molecule has 88 valence electrons. The van der Waals surface area contributed by atoms with Crippen molar-refractivity contribution in [3.05, 3.63) is 0 Å². The zero-order chi connectivity index (χ0) is 11.2. The topological polar surface area (TPSA) is 54.7 Å². The Balaban J connectivity index is 0.000000280. The molecular formula is C11H22N2O2. The average molecular weight is 214 g/mol. The van der Waals surface area contributed by atoms with Crippen molar-refractivity contribution >= 4 is 6.01 Å². The third-order valence-corrected chi connectivity index (χ3v) is 1.95. The fourth-order valence-corrected chi connectivity index (χ4v) is 1.11. The lowest BCUT2D eigenvalue weighted by atomic mass is 10.2. The van der Waals surface area contributed by atoms with Gasteiger partial charge in [-0.25, -0.2) is 10.4 Å². The molecule has 0 amide bonds. The van der Waals surface area contributed by atoms with E-state index < -0.39 is 0 Å². The van der Waals surface area contributed by atoms with Crippen LogP contribution in [-0.2, 0) is 9.47 Å². The Morgan fingerprint density at radius 1 is 1.07 bits per heavy atom. The van der Waals surface area contributed by atoms with Crippen molar-refractivity contribution in [3.63, 3.8) is 0 Å². The highest BCUT2D eigenvalue weighted by Gasteiger charge is 1.94. The summed E-state index contributed by atoms with van der Waals surface area (Å²) in [7, 11) is 0. The monoisotopic (exact) mass is 214 g/mol. The van der Waals surface area contributed by atoms with E-state index in [9.17, 15) is 0 Å². The van der Waals surface area contributed by atoms with Gasteiger partial charge in [-0.05, 0) is 6.42 Å². The lowest BCUT2D eigenvalue weighted by Crippen LogP contribution is -2.16. The molecule has 1 aliphatic heterocycles. The van der Waals surface area contributed by atoms with E-state index in [0.717, 1.165) is 39.4 Å². The van der Waals surface area contributed by atoms with Gasteiger partial charge in [0.15, 0.2) is 0 Å². The summed E-state index contributed by atoms with van der Waals surface area (Å²) in [5.41, 5.74) is 0. The molecule has 1 aliphatic rings. The van der Waals surface area contributed by atoms with Crippen molar-refractivity contribution in [2.75, 3.05) is 33.0 Å². The zero-order valence-corrected chi connectivity index (χ0v) is 9.63. The van der Waals surface area contributed by atoms with E-state index >= 15 is 0 Å². The van der Waals surface area contributed by atoms with Crippen molar-refractivity contribution in [1.29, 1.82) is 5.41 Å². The average Bonchev–Trinajstić information content (AvgIpc) is 2.32. The van der Waals surface area contributed by atoms with Gasteiger partial charge in [-0.2, -0.15) is 0 Å². The SMILES string of the molecule is C1COCCO1.CCCCCCN=C=N. The minimum absolute atomic E-state index is 0.778. The molecule has 0 radical (unpaired) electrons. The lowest BCUT2D eigenvalue weighted by molar-refractivity contribution is -0.0334. The second kappa shape index (κ2) is 13.3. The normalized spacial score (nSPS) is 14.7. The molecule has 4 nitrogen and oxygen atoms in total. The van der Waals surface area contributed by atoms with Gasteiger partial charge < -0.3 is 9.47 Å². The highest BCUT2D eigenvalue weighted by Crippen LogP contribution is 1.97. The number of nitrogens with one attached hydrogen (secondary N) is 1. The lowest BCUT2D eigenvalue weighted by Gasteiger charge is -2.09. The van der Waals surface area contributed by atoms with Crippen LogP contribution in [-0.4, -0.2) is 39.0 Å². The Hall–Kier alpha value is -0.700. The van der Waals surface area contributed by atoms with Gasteiger partial charge in [0.05, 0.1) is 32.4 Å². The Kier molecular flexibility index (Phi) is 12.7. The summed E-state index contributed by atoms with van der Waals surface area (Å²) in [5, 5.41) is 6.47. The Morgan fingerprint density at radius 3 is 2.07 bits per heavy atom. The van der Waals surface area contributed by atoms with E-state index in [4.69, 9.17) is 14.9 Å². The molecule has 4 heteroatoms. The Bertz CT molecular complexity index is 152. The molecule has 0 spiro atoms. The van der Waals surface area contributed by atoms with Crippen LogP contribution in [0.2, 0.25) is 0 Å². The Morgan fingerprint density at radius 2 is 1.67 bits per heavy atom. The van der Waals surface area contributed by atoms with Crippen molar-refractivity contribution in [2.24, 2.45) is 4.99 Å². The van der Waals surface area contributed by atoms with E-state index in [1.807, 2.05) is 6.01 Å². The fraction of sp³-hybridized carbons (Fsp3) is 0.909. The quantitative estimate of drug-likeness (QED) is 0.564. The van der Waals surface area contributed by atoms with E-state index in [1.165, 1.54) is 19.3 Å². The molecule has 0 saturated carbocycles. The first-order valence-corrected chi connectivity index (χ1v) is 5.65. The molecule has 0 aromatic heterocycles. The molecule has 15 heavy (non-hydrogen) atoms. The summed E-state index contributed by atoms with van der Waals surface area (Å²) < 4.78 is 9.89. The molecule has 0 aromatic carbocycles. The van der Waals surface area contributed by atoms with E-state index in [0.29, 0.717) is 0 Å². The first-order chi connectivity index (χ1) is 7.41. The summed E-state index contributed by atoms with van der Waals surface area (Å²) in [6.07, 6.45) is 4.89. The third-order valence-electron chi connectivity index (χ3n) is 1.95. The molecular weight excluding hydrogens is 192 g/mol. The molecule has 1 rings (SSSR count). The predicted molar refractivity (Wildman–Crippen MR) is 60.8 cm³/mol. The number of nitrogens with zero attached hydrogens (tertiary/aromatic N) is 1. The van der Waals surface area contributed by atoms with Crippen LogP contribution in [0.1, 0.15) is 32.6 Å². The number of hydrogen-bond acceptors (Lipinski definition) is 4. The molecule has 1 heterocycles. The van der Waals surface area contributed by atoms with Crippen LogP contribution in [0, 0.1) is 5.41 Å². The molecule has 0 bridgehead atoms. The van der Waals surface area contributed by atoms with Gasteiger partial charge in [-0.15, -0.1) is 0 Å². The zero-order valence-electron chi connectivity index (χ0n) is 9.63. The van der Waals surface area contributed by atoms with Crippen LogP contribution in [0.5, 0.6) is 0 Å². The van der Waals surface area contributed by atoms with Crippen molar-refractivity contribution in [3.8, 4) is 0 Å². The van der Waals surface area contributed by atoms with Gasteiger partial charge in [-0.1, -0.05) is 26.2 Å². The molecule has 0 atom stereocenters. The minimum Gasteiger partial charge on any atom is -0.377 e. The van der Waals surface area contributed by atoms with Crippen LogP contribution < -0.4 is 0 Å². The summed E-state index contributed by atoms with van der Waals surface area (Å²) in [5.74, 6) is 0. The second-order valence-corrected chi connectivity index (χ2v) is 3.28. The van der Waals surface area contributed by atoms with Crippen molar-refractivity contribution in [2.45, 2.75) is 32.6 Å². The van der Waals surface area contributed by atoms with Gasteiger partial charge >= 0.3 is 0 Å². The number of ether oxygens (including phenoxy) is 2. The largest absolute Gasteiger partial charge is 0.377 e. The molecule has 0 aromatic rings. The van der Waals surface area contributed by atoms with Crippen LogP contribution in [0.25, 0.3) is 0 Å². The summed E-state index contributed by atoms with van der Waals surface area (Å²) in [4.78, 5) is 3.66. The predicted octanol–water partition coefficient (Wildman–Crippen LogP) is 2.35. The van der Waals surface area contributed by atoms with E-state index in [1.54, 1.807) is 0 Å². The van der Waals surface area contributed by atoms with Gasteiger partial charge in [0.1, 0.15) is 0 Å². The molecule has 1 fully saturated rings. The van der Waals surface area contributed by atoms with Gasteiger partial charge in [0.25, 0.3) is 0 Å². The maximum Gasteiger partial charge on any atom is 0.0861 e. The highest BCUT2D eigenvalue weighted by molar-refractivity contribution is 5.35. The fourth-order valence-electron chi connectivity index (χ4n) is 1.11. The van der Waals surface area contributed by atoms with E-state index in [2.05, 4.69) is 11.9 Å². The number of hydrogen-bond donors (Lipinski definition) is 1. The third kappa shape index (κ3) is 13.3. The number of unbranched alkanes of at least 4 members (excludes halogenated alkanes) is 3. The molecule has 0 unspecified atom stereocenters. The summed E-state index contributed by atoms with van der Waals surface area (Å²) in [6.45, 7) is 6.07. The minimum atomic E-state index is 0.778. The van der Waals surface area contributed by atoms with Gasteiger partial charge in [-0.3, -0.25) is 0 Å². The van der Waals surface area contributed by atoms with Crippen molar-refractivity contribution in [1.82, 2.24) is 0 Å². The smallest absolute Gasteiger partial charge is 0.0861 e. The highest BCUT2D eigenvalue weighted by atomic mass is 16.6. The van der Waals surface area contributed by atoms with E-state index in [-0.39, 0.29) is 0 Å². The second-order valence-electron chi connectivity index (χ2n) is 3.28. The maximum atomic E-state index is 6.47. The first-order valence-electron chi connectivity index (χ1n) is 5.65. The van der Waals surface area contributed by atoms with Crippen molar-refractivity contribution < 1.29 is 9.47 Å². The number of rotatable bonds is 5. The van der Waals surface area contributed by atoms with Gasteiger partial charge in [0.2, 0.25) is 0 Å². The maximum absolute atomic E-state index is 6.47. The molecule has 1 N–H and O–H groups in total. The summed E-state index contributed by atoms with van der Waals surface area (Å²) in [6, 6.07) is 2.02. The number of aliphatic imine (C=N–C) groups is 1.